The van der Waals surface area contributed by atoms with Crippen LogP contribution < -0.4 is 0 Å². The van der Waals surface area contributed by atoms with E-state index in [0.717, 1.165) is 10.0 Å². The molecular formula is C8H9BrO2. The Morgan fingerprint density at radius 3 is 2.27 bits per heavy atom. The van der Waals surface area contributed by atoms with Crippen molar-refractivity contribution in [2.24, 2.45) is 0 Å². The van der Waals surface area contributed by atoms with Crippen molar-refractivity contribution in [3.8, 4) is 0 Å². The minimum Gasteiger partial charge on any atom is -0.393 e. The van der Waals surface area contributed by atoms with Crippen molar-refractivity contribution in [2.45, 2.75) is 6.10 Å². The number of halogens is 1. The van der Waals surface area contributed by atoms with Crippen LogP contribution >= 0.6 is 15.9 Å². The second kappa shape index (κ2) is 3.85. The molecule has 0 saturated heterocycles. The molecule has 0 radical (unpaired) electrons. The summed E-state index contributed by atoms with van der Waals surface area (Å²) >= 11 is 3.27. The van der Waals surface area contributed by atoms with E-state index in [1.54, 1.807) is 12.1 Å². The Morgan fingerprint density at radius 1 is 1.27 bits per heavy atom. The lowest BCUT2D eigenvalue weighted by atomic mass is 10.1. The van der Waals surface area contributed by atoms with Gasteiger partial charge in [0.25, 0.3) is 0 Å². The monoisotopic (exact) mass is 216 g/mol. The zero-order chi connectivity index (χ0) is 8.27. The topological polar surface area (TPSA) is 40.5 Å². The van der Waals surface area contributed by atoms with Crippen molar-refractivity contribution < 1.29 is 10.2 Å². The summed E-state index contributed by atoms with van der Waals surface area (Å²) in [6.07, 6.45) is -0.761. The number of aliphatic hydroxyl groups excluding tert-OH is 2. The quantitative estimate of drug-likeness (QED) is 0.787. The van der Waals surface area contributed by atoms with Crippen LogP contribution in [0, 0.1) is 0 Å². The molecule has 11 heavy (non-hydrogen) atoms. The van der Waals surface area contributed by atoms with Gasteiger partial charge in [-0.15, -0.1) is 0 Å². The third-order valence-electron chi connectivity index (χ3n) is 1.43. The van der Waals surface area contributed by atoms with Crippen molar-refractivity contribution >= 4 is 15.9 Å². The molecule has 0 unspecified atom stereocenters. The van der Waals surface area contributed by atoms with Crippen LogP contribution in [0.15, 0.2) is 28.7 Å². The molecule has 2 N–H and O–H groups in total. The lowest BCUT2D eigenvalue weighted by Crippen LogP contribution is -2.01. The van der Waals surface area contributed by atoms with E-state index >= 15 is 0 Å². The molecule has 60 valence electrons. The van der Waals surface area contributed by atoms with Crippen LogP contribution in [0.25, 0.3) is 0 Å². The first-order valence-corrected chi connectivity index (χ1v) is 4.07. The summed E-state index contributed by atoms with van der Waals surface area (Å²) in [6, 6.07) is 7.19. The third kappa shape index (κ3) is 2.29. The fourth-order valence-electron chi connectivity index (χ4n) is 0.790. The van der Waals surface area contributed by atoms with E-state index < -0.39 is 6.10 Å². The van der Waals surface area contributed by atoms with E-state index in [9.17, 15) is 0 Å². The van der Waals surface area contributed by atoms with Gasteiger partial charge < -0.3 is 10.2 Å². The zero-order valence-corrected chi connectivity index (χ0v) is 7.45. The van der Waals surface area contributed by atoms with E-state index in [-0.39, 0.29) is 6.61 Å². The first-order chi connectivity index (χ1) is 5.24. The largest absolute Gasteiger partial charge is 0.393 e. The molecule has 0 aliphatic carbocycles. The maximum atomic E-state index is 9.15. The fourth-order valence-corrected chi connectivity index (χ4v) is 1.05. The van der Waals surface area contributed by atoms with Crippen LogP contribution in [-0.4, -0.2) is 16.8 Å². The normalized spacial score (nSPS) is 13.0. The van der Waals surface area contributed by atoms with Crippen molar-refractivity contribution in [1.29, 1.82) is 0 Å². The van der Waals surface area contributed by atoms with E-state index in [1.165, 1.54) is 0 Å². The molecule has 3 heteroatoms. The minimum absolute atomic E-state index is 0.234. The van der Waals surface area contributed by atoms with Gasteiger partial charge in [-0.2, -0.15) is 0 Å². The predicted molar refractivity (Wildman–Crippen MR) is 46.2 cm³/mol. The van der Waals surface area contributed by atoms with Crippen molar-refractivity contribution in [3.05, 3.63) is 34.3 Å². The van der Waals surface area contributed by atoms with Gasteiger partial charge in [-0.25, -0.2) is 0 Å². The van der Waals surface area contributed by atoms with Crippen molar-refractivity contribution in [2.75, 3.05) is 6.61 Å². The molecule has 0 aliphatic rings. The predicted octanol–water partition coefficient (Wildman–Crippen LogP) is 1.47. The van der Waals surface area contributed by atoms with Gasteiger partial charge in [0.15, 0.2) is 0 Å². The van der Waals surface area contributed by atoms with Gasteiger partial charge in [0.1, 0.15) is 6.10 Å². The lowest BCUT2D eigenvalue weighted by Gasteiger charge is -2.06. The van der Waals surface area contributed by atoms with E-state index in [4.69, 9.17) is 10.2 Å². The Labute approximate surface area is 73.6 Å². The second-order valence-corrected chi connectivity index (χ2v) is 3.17. The molecule has 1 rings (SSSR count). The Balaban J connectivity index is 2.81. The second-order valence-electron chi connectivity index (χ2n) is 2.25. The molecule has 0 saturated carbocycles. The summed E-state index contributed by atoms with van der Waals surface area (Å²) in [4.78, 5) is 0. The number of hydrogen-bond acceptors (Lipinski definition) is 2. The molecule has 0 bridgehead atoms. The van der Waals surface area contributed by atoms with E-state index in [0.29, 0.717) is 0 Å². The molecule has 0 amide bonds. The molecule has 1 aromatic carbocycles. The number of hydrogen-bond donors (Lipinski definition) is 2. The van der Waals surface area contributed by atoms with Gasteiger partial charge in [-0.05, 0) is 17.7 Å². The Hall–Kier alpha value is -0.380. The lowest BCUT2D eigenvalue weighted by molar-refractivity contribution is 0.0956. The Bertz CT molecular complexity index is 220. The van der Waals surface area contributed by atoms with Gasteiger partial charge in [0, 0.05) is 4.47 Å². The van der Waals surface area contributed by atoms with Crippen LogP contribution in [0.4, 0.5) is 0 Å². The summed E-state index contributed by atoms with van der Waals surface area (Å²) in [5, 5.41) is 17.8. The summed E-state index contributed by atoms with van der Waals surface area (Å²) < 4.78 is 0.964. The van der Waals surface area contributed by atoms with Crippen molar-refractivity contribution in [3.63, 3.8) is 0 Å². The number of rotatable bonds is 2. The number of benzene rings is 1. The van der Waals surface area contributed by atoms with E-state index in [1.807, 2.05) is 12.1 Å². The van der Waals surface area contributed by atoms with Gasteiger partial charge in [-0.1, -0.05) is 28.1 Å². The SMILES string of the molecule is OC[C@@H](O)c1ccc(Br)cc1. The molecule has 0 heterocycles. The number of aliphatic hydroxyl groups is 2. The molecule has 0 fully saturated rings. The van der Waals surface area contributed by atoms with Gasteiger partial charge in [0.2, 0.25) is 0 Å². The Kier molecular flexibility index (Phi) is 3.05. The van der Waals surface area contributed by atoms with Gasteiger partial charge >= 0.3 is 0 Å². The highest BCUT2D eigenvalue weighted by Crippen LogP contribution is 2.15. The zero-order valence-electron chi connectivity index (χ0n) is 5.87. The summed E-state index contributed by atoms with van der Waals surface area (Å²) in [5.41, 5.74) is 0.732. The first-order valence-electron chi connectivity index (χ1n) is 3.28. The highest BCUT2D eigenvalue weighted by molar-refractivity contribution is 9.10. The van der Waals surface area contributed by atoms with Gasteiger partial charge in [0.05, 0.1) is 6.61 Å². The average Bonchev–Trinajstić information content (AvgIpc) is 2.05. The molecule has 1 aromatic rings. The molecule has 0 aliphatic heterocycles. The average molecular weight is 217 g/mol. The third-order valence-corrected chi connectivity index (χ3v) is 1.96. The van der Waals surface area contributed by atoms with Crippen molar-refractivity contribution in [1.82, 2.24) is 0 Å². The Morgan fingerprint density at radius 2 is 1.82 bits per heavy atom. The summed E-state index contributed by atoms with van der Waals surface area (Å²) in [6.45, 7) is -0.234. The van der Waals surface area contributed by atoms with Crippen LogP contribution in [0.1, 0.15) is 11.7 Å². The smallest absolute Gasteiger partial charge is 0.102 e. The molecular weight excluding hydrogens is 208 g/mol. The maximum absolute atomic E-state index is 9.15. The van der Waals surface area contributed by atoms with E-state index in [2.05, 4.69) is 15.9 Å². The molecule has 0 spiro atoms. The van der Waals surface area contributed by atoms with Crippen LogP contribution in [0.2, 0.25) is 0 Å². The maximum Gasteiger partial charge on any atom is 0.102 e. The van der Waals surface area contributed by atoms with Gasteiger partial charge in [-0.3, -0.25) is 0 Å². The highest BCUT2D eigenvalue weighted by atomic mass is 79.9. The minimum atomic E-state index is -0.761. The van der Waals surface area contributed by atoms with Crippen LogP contribution in [0.5, 0.6) is 0 Å². The standard InChI is InChI=1S/C8H9BrO2/c9-7-3-1-6(2-4-7)8(11)5-10/h1-4,8,10-11H,5H2/t8-/m1/s1. The summed E-state index contributed by atoms with van der Waals surface area (Å²) in [5.74, 6) is 0. The first kappa shape index (κ1) is 8.71. The van der Waals surface area contributed by atoms with Crippen LogP contribution in [0.3, 0.4) is 0 Å². The van der Waals surface area contributed by atoms with Crippen LogP contribution in [-0.2, 0) is 0 Å². The summed E-state index contributed by atoms with van der Waals surface area (Å²) in [7, 11) is 0. The fraction of sp³-hybridized carbons (Fsp3) is 0.250. The molecule has 2 nitrogen and oxygen atoms in total. The molecule has 0 aromatic heterocycles. The highest BCUT2D eigenvalue weighted by Gasteiger charge is 2.03. The molecule has 1 atom stereocenters.